The van der Waals surface area contributed by atoms with Crippen molar-refractivity contribution in [1.82, 2.24) is 10.3 Å². The third kappa shape index (κ3) is 2.43. The Morgan fingerprint density at radius 3 is 3.00 bits per heavy atom. The molecule has 0 amide bonds. The number of para-hydroxylation sites is 1. The Morgan fingerprint density at radius 2 is 2.19 bits per heavy atom. The van der Waals surface area contributed by atoms with E-state index in [4.69, 9.17) is 5.11 Å². The molecule has 3 N–H and O–H groups in total. The molecule has 0 aliphatic rings. The predicted octanol–water partition coefficient (Wildman–Crippen LogP) is 2.03. The number of aliphatic hydroxyl groups excluding tert-OH is 1. The number of hydrogen-bond acceptors (Lipinski definition) is 2. The van der Waals surface area contributed by atoms with Crippen LogP contribution in [0, 0.1) is 0 Å². The van der Waals surface area contributed by atoms with Crippen molar-refractivity contribution in [3.63, 3.8) is 0 Å². The van der Waals surface area contributed by atoms with Crippen LogP contribution in [0.5, 0.6) is 0 Å². The van der Waals surface area contributed by atoms with Crippen LogP contribution in [0.25, 0.3) is 10.9 Å². The van der Waals surface area contributed by atoms with Crippen LogP contribution in [0.4, 0.5) is 0 Å². The van der Waals surface area contributed by atoms with Gasteiger partial charge in [0.15, 0.2) is 0 Å². The van der Waals surface area contributed by atoms with Gasteiger partial charge in [0.1, 0.15) is 0 Å². The molecule has 3 heteroatoms. The number of benzene rings is 1. The van der Waals surface area contributed by atoms with E-state index in [1.807, 2.05) is 12.3 Å². The molecule has 0 saturated heterocycles. The molecular formula is C13H18N2O. The number of fused-ring (bicyclic) bond motifs is 1. The first-order chi connectivity index (χ1) is 7.81. The zero-order chi connectivity index (χ0) is 11.4. The van der Waals surface area contributed by atoms with E-state index in [2.05, 4.69) is 35.4 Å². The highest BCUT2D eigenvalue weighted by atomic mass is 16.3. The van der Waals surface area contributed by atoms with Crippen molar-refractivity contribution in [2.24, 2.45) is 0 Å². The van der Waals surface area contributed by atoms with Gasteiger partial charge in [0.05, 0.1) is 0 Å². The van der Waals surface area contributed by atoms with E-state index < -0.39 is 0 Å². The number of aliphatic hydroxyl groups is 1. The van der Waals surface area contributed by atoms with Gasteiger partial charge in [0, 0.05) is 36.3 Å². The summed E-state index contributed by atoms with van der Waals surface area (Å²) < 4.78 is 0. The summed E-state index contributed by atoms with van der Waals surface area (Å²) in [5.74, 6) is 0. The molecule has 2 aromatic rings. The van der Waals surface area contributed by atoms with Gasteiger partial charge in [-0.3, -0.25) is 0 Å². The van der Waals surface area contributed by atoms with E-state index in [0.717, 1.165) is 13.0 Å². The van der Waals surface area contributed by atoms with Crippen molar-refractivity contribution >= 4 is 10.9 Å². The summed E-state index contributed by atoms with van der Waals surface area (Å²) in [6.07, 6.45) is 2.84. The molecule has 0 aliphatic carbocycles. The summed E-state index contributed by atoms with van der Waals surface area (Å²) in [5.41, 5.74) is 2.45. The molecule has 1 atom stereocenters. The Labute approximate surface area is 95.5 Å². The van der Waals surface area contributed by atoms with E-state index in [1.165, 1.54) is 16.5 Å². The van der Waals surface area contributed by atoms with Crippen molar-refractivity contribution in [3.8, 4) is 0 Å². The van der Waals surface area contributed by atoms with Crippen LogP contribution < -0.4 is 5.32 Å². The summed E-state index contributed by atoms with van der Waals surface area (Å²) in [5, 5.41) is 13.5. The number of aromatic amines is 1. The van der Waals surface area contributed by atoms with Crippen molar-refractivity contribution in [3.05, 3.63) is 36.0 Å². The van der Waals surface area contributed by atoms with E-state index in [0.29, 0.717) is 6.04 Å². The maximum atomic E-state index is 8.82. The molecule has 3 nitrogen and oxygen atoms in total. The molecule has 1 heterocycles. The zero-order valence-corrected chi connectivity index (χ0v) is 9.53. The fourth-order valence-electron chi connectivity index (χ4n) is 1.86. The number of rotatable bonds is 5. The quantitative estimate of drug-likeness (QED) is 0.719. The van der Waals surface area contributed by atoms with Crippen LogP contribution >= 0.6 is 0 Å². The number of H-pyrrole nitrogens is 1. The Morgan fingerprint density at radius 1 is 1.38 bits per heavy atom. The maximum absolute atomic E-state index is 8.82. The van der Waals surface area contributed by atoms with Crippen LogP contribution in [0.3, 0.4) is 0 Å². The molecule has 0 fully saturated rings. The van der Waals surface area contributed by atoms with E-state index >= 15 is 0 Å². The predicted molar refractivity (Wildman–Crippen MR) is 66.3 cm³/mol. The summed E-state index contributed by atoms with van der Waals surface area (Å²) in [7, 11) is 0. The highest BCUT2D eigenvalue weighted by Gasteiger charge is 2.04. The topological polar surface area (TPSA) is 48.0 Å². The smallest absolute Gasteiger partial charge is 0.0457 e. The molecule has 2 rings (SSSR count). The summed E-state index contributed by atoms with van der Waals surface area (Å²) >= 11 is 0. The number of aromatic nitrogens is 1. The second kappa shape index (κ2) is 5.14. The van der Waals surface area contributed by atoms with Gasteiger partial charge in [-0.2, -0.15) is 0 Å². The van der Waals surface area contributed by atoms with Gasteiger partial charge in [0.2, 0.25) is 0 Å². The van der Waals surface area contributed by atoms with Gasteiger partial charge in [-0.15, -0.1) is 0 Å². The lowest BCUT2D eigenvalue weighted by Gasteiger charge is -2.11. The lowest BCUT2D eigenvalue weighted by atomic mass is 10.1. The fraction of sp³-hybridized carbons (Fsp3) is 0.385. The Bertz CT molecular complexity index is 450. The molecule has 0 saturated carbocycles. The molecule has 0 bridgehead atoms. The molecule has 0 radical (unpaired) electrons. The van der Waals surface area contributed by atoms with Gasteiger partial charge in [-0.25, -0.2) is 0 Å². The Kier molecular flexibility index (Phi) is 3.59. The van der Waals surface area contributed by atoms with Crippen LogP contribution in [-0.4, -0.2) is 22.7 Å². The van der Waals surface area contributed by atoms with Gasteiger partial charge in [-0.1, -0.05) is 18.2 Å². The normalized spacial score (nSPS) is 13.1. The van der Waals surface area contributed by atoms with E-state index in [9.17, 15) is 0 Å². The standard InChI is InChI=1S/C13H18N2O/c1-10(6-7-16)14-8-11-9-15-13-5-3-2-4-12(11)13/h2-5,9-10,14-16H,6-8H2,1H3. The summed E-state index contributed by atoms with van der Waals surface area (Å²) in [6.45, 7) is 3.16. The molecule has 1 aromatic heterocycles. The fourth-order valence-corrected chi connectivity index (χ4v) is 1.86. The number of nitrogens with one attached hydrogen (secondary N) is 2. The van der Waals surface area contributed by atoms with Crippen LogP contribution in [0.15, 0.2) is 30.5 Å². The first-order valence-corrected chi connectivity index (χ1v) is 5.70. The third-order valence-corrected chi connectivity index (χ3v) is 2.88. The molecule has 86 valence electrons. The molecule has 0 spiro atoms. The van der Waals surface area contributed by atoms with Crippen LogP contribution in [0.1, 0.15) is 18.9 Å². The zero-order valence-electron chi connectivity index (χ0n) is 9.53. The largest absolute Gasteiger partial charge is 0.396 e. The Balaban J connectivity index is 2.04. The van der Waals surface area contributed by atoms with Crippen LogP contribution in [-0.2, 0) is 6.54 Å². The third-order valence-electron chi connectivity index (χ3n) is 2.88. The molecule has 0 aliphatic heterocycles. The first kappa shape index (κ1) is 11.2. The Hall–Kier alpha value is -1.32. The SMILES string of the molecule is CC(CCO)NCc1c[nH]c2ccccc12. The van der Waals surface area contributed by atoms with E-state index in [-0.39, 0.29) is 6.61 Å². The average Bonchev–Trinajstić information content (AvgIpc) is 2.70. The van der Waals surface area contributed by atoms with Gasteiger partial charge in [-0.05, 0) is 25.0 Å². The van der Waals surface area contributed by atoms with Crippen molar-refractivity contribution in [2.75, 3.05) is 6.61 Å². The van der Waals surface area contributed by atoms with Gasteiger partial charge < -0.3 is 15.4 Å². The lowest BCUT2D eigenvalue weighted by molar-refractivity contribution is 0.269. The molecule has 1 aromatic carbocycles. The summed E-state index contributed by atoms with van der Waals surface area (Å²) in [4.78, 5) is 3.25. The lowest BCUT2D eigenvalue weighted by Crippen LogP contribution is -2.26. The van der Waals surface area contributed by atoms with E-state index in [1.54, 1.807) is 0 Å². The average molecular weight is 218 g/mol. The second-order valence-corrected chi connectivity index (χ2v) is 4.15. The monoisotopic (exact) mass is 218 g/mol. The first-order valence-electron chi connectivity index (χ1n) is 5.70. The van der Waals surface area contributed by atoms with Crippen molar-refractivity contribution in [1.29, 1.82) is 0 Å². The minimum atomic E-state index is 0.238. The minimum absolute atomic E-state index is 0.238. The second-order valence-electron chi connectivity index (χ2n) is 4.15. The van der Waals surface area contributed by atoms with Gasteiger partial charge >= 0.3 is 0 Å². The summed E-state index contributed by atoms with van der Waals surface area (Å²) in [6, 6.07) is 8.63. The van der Waals surface area contributed by atoms with Gasteiger partial charge in [0.25, 0.3) is 0 Å². The highest BCUT2D eigenvalue weighted by molar-refractivity contribution is 5.82. The maximum Gasteiger partial charge on any atom is 0.0457 e. The molecule has 1 unspecified atom stereocenters. The molecule has 16 heavy (non-hydrogen) atoms. The van der Waals surface area contributed by atoms with Crippen molar-refractivity contribution < 1.29 is 5.11 Å². The van der Waals surface area contributed by atoms with Crippen molar-refractivity contribution in [2.45, 2.75) is 25.9 Å². The minimum Gasteiger partial charge on any atom is -0.396 e. The van der Waals surface area contributed by atoms with Crippen LogP contribution in [0.2, 0.25) is 0 Å². The number of hydrogen-bond donors (Lipinski definition) is 3. The molecular weight excluding hydrogens is 200 g/mol. The highest BCUT2D eigenvalue weighted by Crippen LogP contribution is 2.17.